The summed E-state index contributed by atoms with van der Waals surface area (Å²) in [5.74, 6) is 1.14. The highest BCUT2D eigenvalue weighted by Gasteiger charge is 2.13. The second-order valence-electron chi connectivity index (χ2n) is 5.76. The average molecular weight is 328 g/mol. The number of ether oxygens (including phenoxy) is 2. The van der Waals surface area contributed by atoms with E-state index >= 15 is 0 Å². The van der Waals surface area contributed by atoms with Gasteiger partial charge in [0.05, 0.1) is 26.5 Å². The molecule has 0 heterocycles. The molecule has 0 aliphatic carbocycles. The standard InChI is InChI=1S/C19H24N2O3/c1-13-6-8-17(14(2)10-13)21(3)12-19(22)20-16-11-15(23-4)7-9-18(16)24-5/h6-11H,12H2,1-5H3,(H,20,22). The molecule has 0 aliphatic rings. The Morgan fingerprint density at radius 1 is 1.08 bits per heavy atom. The van der Waals surface area contributed by atoms with E-state index < -0.39 is 0 Å². The molecule has 0 radical (unpaired) electrons. The molecule has 0 atom stereocenters. The van der Waals surface area contributed by atoms with Crippen molar-refractivity contribution in [3.05, 3.63) is 47.5 Å². The minimum atomic E-state index is -0.121. The largest absolute Gasteiger partial charge is 0.497 e. The fourth-order valence-electron chi connectivity index (χ4n) is 2.64. The van der Waals surface area contributed by atoms with Crippen molar-refractivity contribution >= 4 is 17.3 Å². The van der Waals surface area contributed by atoms with E-state index in [9.17, 15) is 4.79 Å². The van der Waals surface area contributed by atoms with Crippen molar-refractivity contribution in [1.82, 2.24) is 0 Å². The Labute approximate surface area is 143 Å². The number of aryl methyl sites for hydroxylation is 2. The third-order valence-corrected chi connectivity index (χ3v) is 3.83. The van der Waals surface area contributed by atoms with Gasteiger partial charge in [-0.05, 0) is 37.6 Å². The van der Waals surface area contributed by atoms with Gasteiger partial charge < -0.3 is 19.7 Å². The van der Waals surface area contributed by atoms with Crippen molar-refractivity contribution in [1.29, 1.82) is 0 Å². The van der Waals surface area contributed by atoms with Gasteiger partial charge in [-0.25, -0.2) is 0 Å². The highest BCUT2D eigenvalue weighted by molar-refractivity contribution is 5.95. The molecule has 1 amide bonds. The molecule has 2 rings (SSSR count). The van der Waals surface area contributed by atoms with Crippen LogP contribution in [-0.2, 0) is 4.79 Å². The van der Waals surface area contributed by atoms with Crippen LogP contribution in [0.4, 0.5) is 11.4 Å². The number of carbonyl (C=O) groups is 1. The van der Waals surface area contributed by atoms with E-state index in [1.165, 1.54) is 5.56 Å². The van der Waals surface area contributed by atoms with Crippen LogP contribution in [-0.4, -0.2) is 33.7 Å². The SMILES string of the molecule is COc1ccc(OC)c(NC(=O)CN(C)c2ccc(C)cc2C)c1. The lowest BCUT2D eigenvalue weighted by atomic mass is 10.1. The van der Waals surface area contributed by atoms with Gasteiger partial charge >= 0.3 is 0 Å². The van der Waals surface area contributed by atoms with Crippen LogP contribution in [0.2, 0.25) is 0 Å². The molecule has 5 heteroatoms. The number of carbonyl (C=O) groups excluding carboxylic acids is 1. The van der Waals surface area contributed by atoms with Gasteiger partial charge in [0.1, 0.15) is 11.5 Å². The maximum absolute atomic E-state index is 12.4. The lowest BCUT2D eigenvalue weighted by Crippen LogP contribution is -2.30. The fraction of sp³-hybridized carbons (Fsp3) is 0.316. The predicted molar refractivity (Wildman–Crippen MR) is 97.4 cm³/mol. The summed E-state index contributed by atoms with van der Waals surface area (Å²) in [4.78, 5) is 14.3. The first kappa shape index (κ1) is 17.7. The van der Waals surface area contributed by atoms with E-state index in [1.807, 2.05) is 31.0 Å². The molecule has 2 aromatic rings. The molecule has 0 aliphatic heterocycles. The van der Waals surface area contributed by atoms with Gasteiger partial charge in [0.2, 0.25) is 5.91 Å². The van der Waals surface area contributed by atoms with E-state index in [1.54, 1.807) is 32.4 Å². The Hall–Kier alpha value is -2.69. The summed E-state index contributed by atoms with van der Waals surface area (Å²) in [5, 5.41) is 2.88. The second kappa shape index (κ2) is 7.73. The quantitative estimate of drug-likeness (QED) is 0.883. The maximum Gasteiger partial charge on any atom is 0.243 e. The van der Waals surface area contributed by atoms with E-state index in [0.29, 0.717) is 17.2 Å². The number of amides is 1. The van der Waals surface area contributed by atoms with Gasteiger partial charge in [-0.2, -0.15) is 0 Å². The van der Waals surface area contributed by atoms with Gasteiger partial charge in [-0.15, -0.1) is 0 Å². The Morgan fingerprint density at radius 2 is 1.83 bits per heavy atom. The van der Waals surface area contributed by atoms with Crippen LogP contribution in [0, 0.1) is 13.8 Å². The summed E-state index contributed by atoms with van der Waals surface area (Å²) in [6.07, 6.45) is 0. The molecule has 0 saturated carbocycles. The van der Waals surface area contributed by atoms with Gasteiger partial charge in [0.15, 0.2) is 0 Å². The van der Waals surface area contributed by atoms with E-state index in [4.69, 9.17) is 9.47 Å². The van der Waals surface area contributed by atoms with Gasteiger partial charge in [0, 0.05) is 18.8 Å². The molecule has 0 spiro atoms. The molecule has 128 valence electrons. The Morgan fingerprint density at radius 3 is 2.46 bits per heavy atom. The molecule has 0 fully saturated rings. The highest BCUT2D eigenvalue weighted by Crippen LogP contribution is 2.29. The smallest absolute Gasteiger partial charge is 0.243 e. The van der Waals surface area contributed by atoms with Crippen LogP contribution in [0.1, 0.15) is 11.1 Å². The summed E-state index contributed by atoms with van der Waals surface area (Å²) < 4.78 is 10.5. The summed E-state index contributed by atoms with van der Waals surface area (Å²) in [6, 6.07) is 11.5. The Kier molecular flexibility index (Phi) is 5.68. The molecular weight excluding hydrogens is 304 g/mol. The van der Waals surface area contributed by atoms with Crippen molar-refractivity contribution in [2.24, 2.45) is 0 Å². The Bertz CT molecular complexity index is 729. The van der Waals surface area contributed by atoms with Crippen molar-refractivity contribution < 1.29 is 14.3 Å². The monoisotopic (exact) mass is 328 g/mol. The van der Waals surface area contributed by atoms with Crippen LogP contribution in [0.25, 0.3) is 0 Å². The van der Waals surface area contributed by atoms with Crippen LogP contribution in [0.15, 0.2) is 36.4 Å². The van der Waals surface area contributed by atoms with Crippen LogP contribution in [0.5, 0.6) is 11.5 Å². The molecule has 0 unspecified atom stereocenters. The number of nitrogens with one attached hydrogen (secondary N) is 1. The number of nitrogens with zero attached hydrogens (tertiary/aromatic N) is 1. The molecule has 5 nitrogen and oxygen atoms in total. The highest BCUT2D eigenvalue weighted by atomic mass is 16.5. The first-order valence-corrected chi connectivity index (χ1v) is 7.75. The number of benzene rings is 2. The zero-order chi connectivity index (χ0) is 17.7. The van der Waals surface area contributed by atoms with E-state index in [0.717, 1.165) is 11.3 Å². The lowest BCUT2D eigenvalue weighted by Gasteiger charge is -2.21. The number of likely N-dealkylation sites (N-methyl/N-ethyl adjacent to an activating group) is 1. The van der Waals surface area contributed by atoms with Crippen LogP contribution in [0.3, 0.4) is 0 Å². The number of methoxy groups -OCH3 is 2. The normalized spacial score (nSPS) is 10.2. The molecule has 0 bridgehead atoms. The van der Waals surface area contributed by atoms with Gasteiger partial charge in [-0.3, -0.25) is 4.79 Å². The number of hydrogen-bond acceptors (Lipinski definition) is 4. The van der Waals surface area contributed by atoms with Crippen LogP contribution < -0.4 is 19.7 Å². The number of rotatable bonds is 6. The maximum atomic E-state index is 12.4. The predicted octanol–water partition coefficient (Wildman–Crippen LogP) is 3.40. The third kappa shape index (κ3) is 4.19. The summed E-state index contributed by atoms with van der Waals surface area (Å²) in [5.41, 5.74) is 3.98. The molecule has 2 aromatic carbocycles. The summed E-state index contributed by atoms with van der Waals surface area (Å²) >= 11 is 0. The van der Waals surface area contributed by atoms with Crippen molar-refractivity contribution in [2.45, 2.75) is 13.8 Å². The molecule has 0 saturated heterocycles. The van der Waals surface area contributed by atoms with Gasteiger partial charge in [0.25, 0.3) is 0 Å². The fourth-order valence-corrected chi connectivity index (χ4v) is 2.64. The first-order chi connectivity index (χ1) is 11.4. The summed E-state index contributed by atoms with van der Waals surface area (Å²) in [6.45, 7) is 4.34. The Balaban J connectivity index is 2.10. The third-order valence-electron chi connectivity index (χ3n) is 3.83. The zero-order valence-corrected chi connectivity index (χ0v) is 14.8. The lowest BCUT2D eigenvalue weighted by molar-refractivity contribution is -0.114. The van der Waals surface area contributed by atoms with Crippen LogP contribution >= 0.6 is 0 Å². The topological polar surface area (TPSA) is 50.8 Å². The van der Waals surface area contributed by atoms with Crippen molar-refractivity contribution in [3.63, 3.8) is 0 Å². The number of anilines is 2. The first-order valence-electron chi connectivity index (χ1n) is 7.75. The molecule has 0 aromatic heterocycles. The second-order valence-corrected chi connectivity index (χ2v) is 5.76. The minimum absolute atomic E-state index is 0.121. The average Bonchev–Trinajstić information content (AvgIpc) is 2.54. The molecular formula is C19H24N2O3. The van der Waals surface area contributed by atoms with Crippen molar-refractivity contribution in [2.75, 3.05) is 38.0 Å². The van der Waals surface area contributed by atoms with Crippen molar-refractivity contribution in [3.8, 4) is 11.5 Å². The van der Waals surface area contributed by atoms with Gasteiger partial charge in [-0.1, -0.05) is 17.7 Å². The van der Waals surface area contributed by atoms with E-state index in [2.05, 4.69) is 18.3 Å². The molecule has 24 heavy (non-hydrogen) atoms. The molecule has 1 N–H and O–H groups in total. The van der Waals surface area contributed by atoms with E-state index in [-0.39, 0.29) is 12.5 Å². The zero-order valence-electron chi connectivity index (χ0n) is 14.8. The number of hydrogen-bond donors (Lipinski definition) is 1. The minimum Gasteiger partial charge on any atom is -0.497 e. The summed E-state index contributed by atoms with van der Waals surface area (Å²) in [7, 11) is 5.06.